The zero-order valence-corrected chi connectivity index (χ0v) is 13.1. The van der Waals surface area contributed by atoms with Gasteiger partial charge in [-0.05, 0) is 48.9 Å². The van der Waals surface area contributed by atoms with Crippen LogP contribution in [0.25, 0.3) is 11.3 Å². The van der Waals surface area contributed by atoms with Crippen molar-refractivity contribution in [1.82, 2.24) is 10.3 Å². The maximum absolute atomic E-state index is 5.64. The minimum absolute atomic E-state index is 0.200. The lowest BCUT2D eigenvalue weighted by Gasteiger charge is -2.17. The molecule has 0 bridgehead atoms. The second kappa shape index (κ2) is 5.52. The van der Waals surface area contributed by atoms with E-state index in [9.17, 15) is 0 Å². The lowest BCUT2D eigenvalue weighted by molar-refractivity contribution is 0.0844. The molecular weight excluding hydrogens is 280 g/mol. The molecule has 1 atom stereocenters. The van der Waals surface area contributed by atoms with Crippen LogP contribution in [0, 0.1) is 5.92 Å². The van der Waals surface area contributed by atoms with E-state index in [-0.39, 0.29) is 6.10 Å². The summed E-state index contributed by atoms with van der Waals surface area (Å²) in [5, 5.41) is 6.72. The fraction of sp³-hybridized carbons (Fsp3) is 0.471. The highest BCUT2D eigenvalue weighted by atomic mass is 32.1. The first kappa shape index (κ1) is 13.4. The molecule has 110 valence electrons. The Hall–Kier alpha value is -1.23. The molecule has 0 radical (unpaired) electrons. The second-order valence-electron chi connectivity index (χ2n) is 5.97. The van der Waals surface area contributed by atoms with Crippen LogP contribution in [-0.2, 0) is 17.7 Å². The highest BCUT2D eigenvalue weighted by Gasteiger charge is 2.34. The lowest BCUT2D eigenvalue weighted by Crippen LogP contribution is -2.23. The van der Waals surface area contributed by atoms with Crippen LogP contribution < -0.4 is 5.32 Å². The van der Waals surface area contributed by atoms with Crippen LogP contribution in [0.15, 0.2) is 23.6 Å². The average Bonchev–Trinajstić information content (AvgIpc) is 3.24. The molecule has 2 heterocycles. The predicted molar refractivity (Wildman–Crippen MR) is 85.4 cm³/mol. The zero-order chi connectivity index (χ0) is 14.2. The maximum Gasteiger partial charge on any atom is 0.122 e. The fourth-order valence-corrected chi connectivity index (χ4v) is 4.08. The van der Waals surface area contributed by atoms with E-state index in [1.165, 1.54) is 29.5 Å². The summed E-state index contributed by atoms with van der Waals surface area (Å²) in [6.45, 7) is 2.07. The lowest BCUT2D eigenvalue weighted by atomic mass is 9.98. The third-order valence-corrected chi connectivity index (χ3v) is 5.36. The minimum Gasteiger partial charge on any atom is -0.374 e. The van der Waals surface area contributed by atoms with E-state index in [1.807, 2.05) is 0 Å². The van der Waals surface area contributed by atoms with Crippen LogP contribution >= 0.6 is 11.3 Å². The molecule has 0 amide bonds. The number of methoxy groups -OCH3 is 1. The Labute approximate surface area is 129 Å². The van der Waals surface area contributed by atoms with Crippen LogP contribution in [0.2, 0.25) is 0 Å². The number of fused-ring (bicyclic) bond motifs is 1. The predicted octanol–water partition coefficient (Wildman–Crippen LogP) is 3.55. The molecule has 21 heavy (non-hydrogen) atoms. The molecule has 1 aliphatic heterocycles. The quantitative estimate of drug-likeness (QED) is 0.937. The molecule has 1 aliphatic carbocycles. The molecule has 1 saturated carbocycles. The Balaban J connectivity index is 1.63. The summed E-state index contributed by atoms with van der Waals surface area (Å²) in [6.07, 6.45) is 3.87. The number of nitrogens with zero attached hydrogens (tertiary/aromatic N) is 1. The Bertz CT molecular complexity index is 648. The van der Waals surface area contributed by atoms with Crippen LogP contribution in [0.3, 0.4) is 0 Å². The molecule has 2 aromatic rings. The molecule has 4 rings (SSSR count). The summed E-state index contributed by atoms with van der Waals surface area (Å²) in [7, 11) is 1.80. The minimum atomic E-state index is 0.200. The zero-order valence-electron chi connectivity index (χ0n) is 12.3. The van der Waals surface area contributed by atoms with E-state index in [2.05, 4.69) is 28.9 Å². The molecule has 1 unspecified atom stereocenters. The molecule has 1 N–H and O–H groups in total. The van der Waals surface area contributed by atoms with E-state index in [0.717, 1.165) is 30.2 Å². The molecule has 1 aromatic heterocycles. The van der Waals surface area contributed by atoms with Crippen molar-refractivity contribution in [3.8, 4) is 11.3 Å². The molecule has 2 aliphatic rings. The first-order valence-electron chi connectivity index (χ1n) is 7.66. The van der Waals surface area contributed by atoms with E-state index in [0.29, 0.717) is 5.92 Å². The van der Waals surface area contributed by atoms with Crippen molar-refractivity contribution in [1.29, 1.82) is 0 Å². The number of rotatable bonds is 4. The van der Waals surface area contributed by atoms with Crippen molar-refractivity contribution in [3.63, 3.8) is 0 Å². The van der Waals surface area contributed by atoms with Crippen molar-refractivity contribution in [2.75, 3.05) is 13.7 Å². The third-order valence-electron chi connectivity index (χ3n) is 4.46. The van der Waals surface area contributed by atoms with Gasteiger partial charge in [0.1, 0.15) is 11.1 Å². The highest BCUT2D eigenvalue weighted by molar-refractivity contribution is 7.10. The average molecular weight is 300 g/mol. The second-order valence-corrected chi connectivity index (χ2v) is 6.86. The summed E-state index contributed by atoms with van der Waals surface area (Å²) in [5.41, 5.74) is 5.22. The highest BCUT2D eigenvalue weighted by Crippen LogP contribution is 2.44. The first-order chi connectivity index (χ1) is 10.3. The van der Waals surface area contributed by atoms with Gasteiger partial charge in [0.05, 0.1) is 5.69 Å². The summed E-state index contributed by atoms with van der Waals surface area (Å²) < 4.78 is 5.64. The number of hydrogen-bond donors (Lipinski definition) is 1. The van der Waals surface area contributed by atoms with Crippen LogP contribution in [0.1, 0.15) is 35.1 Å². The summed E-state index contributed by atoms with van der Waals surface area (Å²) in [5.74, 6) is 0.684. The molecule has 4 heteroatoms. The monoisotopic (exact) mass is 300 g/mol. The van der Waals surface area contributed by atoms with Gasteiger partial charge in [-0.2, -0.15) is 0 Å². The Morgan fingerprint density at radius 1 is 1.33 bits per heavy atom. The van der Waals surface area contributed by atoms with Gasteiger partial charge in [0.15, 0.2) is 0 Å². The van der Waals surface area contributed by atoms with Gasteiger partial charge in [0, 0.05) is 24.6 Å². The molecule has 3 nitrogen and oxygen atoms in total. The maximum atomic E-state index is 5.64. The standard InChI is InChI=1S/C17H20N2OS/c1-20-16(11-2-3-11)17-19-15(10-21-17)13-4-5-14-9-18-7-6-12(14)8-13/h4-5,8,10-11,16,18H,2-3,6-7,9H2,1H3. The van der Waals surface area contributed by atoms with E-state index >= 15 is 0 Å². The smallest absolute Gasteiger partial charge is 0.122 e. The molecule has 1 fully saturated rings. The van der Waals surface area contributed by atoms with Crippen LogP contribution in [0.5, 0.6) is 0 Å². The molecule has 1 aromatic carbocycles. The molecule has 0 spiro atoms. The van der Waals surface area contributed by atoms with E-state index < -0.39 is 0 Å². The normalized spacial score (nSPS) is 19.3. The van der Waals surface area contributed by atoms with Gasteiger partial charge >= 0.3 is 0 Å². The van der Waals surface area contributed by atoms with Gasteiger partial charge in [-0.25, -0.2) is 4.98 Å². The molecular formula is C17H20N2OS. The van der Waals surface area contributed by atoms with E-state index in [1.54, 1.807) is 18.4 Å². The Morgan fingerprint density at radius 3 is 3.05 bits per heavy atom. The number of aromatic nitrogens is 1. The summed E-state index contributed by atoms with van der Waals surface area (Å²) >= 11 is 1.73. The van der Waals surface area contributed by atoms with Crippen molar-refractivity contribution < 1.29 is 4.74 Å². The Morgan fingerprint density at radius 2 is 2.24 bits per heavy atom. The van der Waals surface area contributed by atoms with Gasteiger partial charge in [-0.3, -0.25) is 0 Å². The summed E-state index contributed by atoms with van der Waals surface area (Å²) in [4.78, 5) is 4.84. The van der Waals surface area contributed by atoms with Crippen molar-refractivity contribution in [2.24, 2.45) is 5.92 Å². The number of ether oxygens (including phenoxy) is 1. The fourth-order valence-electron chi connectivity index (χ4n) is 3.08. The summed E-state index contributed by atoms with van der Waals surface area (Å²) in [6, 6.07) is 6.75. The first-order valence-corrected chi connectivity index (χ1v) is 8.54. The van der Waals surface area contributed by atoms with Crippen molar-refractivity contribution in [2.45, 2.75) is 31.9 Å². The molecule has 0 saturated heterocycles. The number of nitrogens with one attached hydrogen (secondary N) is 1. The van der Waals surface area contributed by atoms with Crippen molar-refractivity contribution >= 4 is 11.3 Å². The number of hydrogen-bond acceptors (Lipinski definition) is 4. The van der Waals surface area contributed by atoms with Gasteiger partial charge in [-0.15, -0.1) is 11.3 Å². The topological polar surface area (TPSA) is 34.1 Å². The van der Waals surface area contributed by atoms with E-state index in [4.69, 9.17) is 9.72 Å². The van der Waals surface area contributed by atoms with Gasteiger partial charge in [0.2, 0.25) is 0 Å². The third kappa shape index (κ3) is 2.63. The van der Waals surface area contributed by atoms with Crippen LogP contribution in [0.4, 0.5) is 0 Å². The SMILES string of the molecule is COC(c1nc(-c2ccc3c(c2)CCNC3)cs1)C1CC1. The number of benzene rings is 1. The van der Waals surface area contributed by atoms with Crippen molar-refractivity contribution in [3.05, 3.63) is 39.7 Å². The Kier molecular flexibility index (Phi) is 3.53. The van der Waals surface area contributed by atoms with Gasteiger partial charge in [-0.1, -0.05) is 12.1 Å². The van der Waals surface area contributed by atoms with Gasteiger partial charge in [0.25, 0.3) is 0 Å². The van der Waals surface area contributed by atoms with Gasteiger partial charge < -0.3 is 10.1 Å². The van der Waals surface area contributed by atoms with Crippen LogP contribution in [-0.4, -0.2) is 18.6 Å². The largest absolute Gasteiger partial charge is 0.374 e. The number of thiazole rings is 1.